The molecule has 2 aromatic carbocycles. The third-order valence-corrected chi connectivity index (χ3v) is 6.23. The molecule has 6 rings (SSSR count). The van der Waals surface area contributed by atoms with Crippen LogP contribution in [0.5, 0.6) is 0 Å². The fraction of sp³-hybridized carbons (Fsp3) is 0.154. The van der Waals surface area contributed by atoms with Gasteiger partial charge in [0.2, 0.25) is 5.91 Å². The van der Waals surface area contributed by atoms with Crippen molar-refractivity contribution in [3.63, 3.8) is 0 Å². The highest BCUT2D eigenvalue weighted by atomic mass is 16.4. The van der Waals surface area contributed by atoms with E-state index in [0.717, 1.165) is 39.1 Å². The van der Waals surface area contributed by atoms with Crippen molar-refractivity contribution in [2.45, 2.75) is 19.3 Å². The van der Waals surface area contributed by atoms with E-state index in [1.165, 1.54) is 4.90 Å². The van der Waals surface area contributed by atoms with Gasteiger partial charge in [0.05, 0.1) is 11.2 Å². The summed E-state index contributed by atoms with van der Waals surface area (Å²) in [5, 5.41) is 23.7. The van der Waals surface area contributed by atoms with Gasteiger partial charge >= 0.3 is 5.97 Å². The number of carbonyl (C=O) groups excluding carboxylic acids is 1. The predicted molar refractivity (Wildman–Crippen MR) is 129 cm³/mol. The number of pyridine rings is 1. The lowest BCUT2D eigenvalue weighted by Gasteiger charge is -2.28. The van der Waals surface area contributed by atoms with E-state index in [1.807, 2.05) is 48.5 Å². The van der Waals surface area contributed by atoms with Crippen LogP contribution in [0.4, 0.5) is 5.69 Å². The Morgan fingerprint density at radius 1 is 1.00 bits per heavy atom. The average Bonchev–Trinajstić information content (AvgIpc) is 3.27. The molecule has 35 heavy (non-hydrogen) atoms. The van der Waals surface area contributed by atoms with Crippen LogP contribution in [0.25, 0.3) is 27.8 Å². The lowest BCUT2D eigenvalue weighted by molar-refractivity contribution is -0.136. The molecule has 3 aromatic heterocycles. The number of carboxylic acid groups (broad SMARTS) is 1. The number of fused-ring (bicyclic) bond motifs is 3. The molecule has 0 spiro atoms. The van der Waals surface area contributed by atoms with Crippen molar-refractivity contribution in [3.8, 4) is 11.3 Å². The number of hydrogen-bond donors (Lipinski definition) is 1. The molecule has 0 radical (unpaired) electrons. The van der Waals surface area contributed by atoms with Crippen molar-refractivity contribution < 1.29 is 14.7 Å². The molecule has 0 bridgehead atoms. The average molecular weight is 464 g/mol. The molecule has 9 nitrogen and oxygen atoms in total. The topological polar surface area (TPSA) is 114 Å². The summed E-state index contributed by atoms with van der Waals surface area (Å²) in [6.45, 7) is -0.343. The first kappa shape index (κ1) is 20.9. The summed E-state index contributed by atoms with van der Waals surface area (Å²) in [7, 11) is 0. The van der Waals surface area contributed by atoms with E-state index in [1.54, 1.807) is 16.8 Å². The van der Waals surface area contributed by atoms with Crippen LogP contribution >= 0.6 is 0 Å². The Balaban J connectivity index is 1.34. The first-order chi connectivity index (χ1) is 17.0. The van der Waals surface area contributed by atoms with Gasteiger partial charge in [-0.2, -0.15) is 9.61 Å². The lowest BCUT2D eigenvalue weighted by atomic mass is 9.97. The van der Waals surface area contributed by atoms with Gasteiger partial charge in [0.25, 0.3) is 0 Å². The molecule has 5 aromatic rings. The lowest BCUT2D eigenvalue weighted by Crippen LogP contribution is -2.38. The van der Waals surface area contributed by atoms with Crippen LogP contribution < -0.4 is 4.90 Å². The number of amides is 1. The van der Waals surface area contributed by atoms with E-state index >= 15 is 0 Å². The highest BCUT2D eigenvalue weighted by Gasteiger charge is 2.26. The fourth-order valence-corrected chi connectivity index (χ4v) is 4.54. The second kappa shape index (κ2) is 8.28. The first-order valence-corrected chi connectivity index (χ1v) is 11.3. The van der Waals surface area contributed by atoms with E-state index in [-0.39, 0.29) is 18.9 Å². The molecule has 4 heterocycles. The maximum absolute atomic E-state index is 12.3. The van der Waals surface area contributed by atoms with Crippen LogP contribution in [-0.4, -0.2) is 48.3 Å². The Morgan fingerprint density at radius 2 is 1.91 bits per heavy atom. The van der Waals surface area contributed by atoms with Gasteiger partial charge in [-0.3, -0.25) is 14.6 Å². The second-order valence-corrected chi connectivity index (χ2v) is 8.53. The summed E-state index contributed by atoms with van der Waals surface area (Å²) in [5.41, 5.74) is 5.88. The van der Waals surface area contributed by atoms with Gasteiger partial charge in [-0.1, -0.05) is 18.2 Å². The van der Waals surface area contributed by atoms with Gasteiger partial charge in [-0.15, -0.1) is 10.2 Å². The van der Waals surface area contributed by atoms with Crippen LogP contribution in [0.2, 0.25) is 0 Å². The first-order valence-electron chi connectivity index (χ1n) is 11.3. The molecule has 0 aliphatic carbocycles. The summed E-state index contributed by atoms with van der Waals surface area (Å²) < 4.78 is 1.75. The normalized spacial score (nSPS) is 13.4. The van der Waals surface area contributed by atoms with E-state index in [2.05, 4.69) is 21.2 Å². The van der Waals surface area contributed by atoms with E-state index in [0.29, 0.717) is 24.2 Å². The molecule has 0 fully saturated rings. The summed E-state index contributed by atoms with van der Waals surface area (Å²) in [5.74, 6) is -0.489. The Morgan fingerprint density at radius 3 is 2.80 bits per heavy atom. The SMILES string of the molecule is O=C(O)CN1C(=O)CCc2cc(-c3ccc4nnc(Cc5ccc6ncccc6c5)n4n3)ccc21. The summed E-state index contributed by atoms with van der Waals surface area (Å²) >= 11 is 0. The largest absolute Gasteiger partial charge is 0.480 e. The molecule has 1 aliphatic rings. The van der Waals surface area contributed by atoms with Crippen molar-refractivity contribution in [1.29, 1.82) is 0 Å². The number of aryl methyl sites for hydroxylation is 1. The Kier molecular flexibility index (Phi) is 4.95. The predicted octanol–water partition coefficient (Wildman–Crippen LogP) is 3.29. The number of carbonyl (C=O) groups is 2. The smallest absolute Gasteiger partial charge is 0.323 e. The van der Waals surface area contributed by atoms with Gasteiger partial charge in [0.15, 0.2) is 11.5 Å². The highest BCUT2D eigenvalue weighted by molar-refractivity contribution is 6.00. The number of nitrogens with zero attached hydrogens (tertiary/aromatic N) is 6. The number of rotatable bonds is 5. The van der Waals surface area contributed by atoms with Crippen molar-refractivity contribution in [2.24, 2.45) is 0 Å². The molecule has 0 saturated carbocycles. The molecule has 0 unspecified atom stereocenters. The summed E-state index contributed by atoms with van der Waals surface area (Å²) in [6.07, 6.45) is 3.20. The van der Waals surface area contributed by atoms with Crippen LogP contribution in [0.3, 0.4) is 0 Å². The molecular weight excluding hydrogens is 444 g/mol. The molecule has 0 saturated heterocycles. The minimum atomic E-state index is -1.04. The number of benzene rings is 2. The Labute approximate surface area is 199 Å². The second-order valence-electron chi connectivity index (χ2n) is 8.53. The quantitative estimate of drug-likeness (QED) is 0.425. The van der Waals surface area contributed by atoms with Crippen molar-refractivity contribution in [3.05, 3.63) is 83.8 Å². The van der Waals surface area contributed by atoms with Crippen LogP contribution in [-0.2, 0) is 22.4 Å². The number of anilines is 1. The number of hydrogen-bond acceptors (Lipinski definition) is 6. The van der Waals surface area contributed by atoms with Crippen LogP contribution in [0.1, 0.15) is 23.4 Å². The maximum atomic E-state index is 12.3. The molecule has 1 aliphatic heterocycles. The summed E-state index contributed by atoms with van der Waals surface area (Å²) in [4.78, 5) is 29.2. The number of carboxylic acids is 1. The van der Waals surface area contributed by atoms with Crippen LogP contribution in [0.15, 0.2) is 66.9 Å². The molecule has 0 atom stereocenters. The molecule has 172 valence electrons. The Bertz CT molecular complexity index is 1630. The molecule has 1 amide bonds. The summed E-state index contributed by atoms with van der Waals surface area (Å²) in [6, 6.07) is 19.5. The van der Waals surface area contributed by atoms with Crippen molar-refractivity contribution in [1.82, 2.24) is 24.8 Å². The van der Waals surface area contributed by atoms with Crippen LogP contribution in [0, 0.1) is 0 Å². The van der Waals surface area contributed by atoms with E-state index in [4.69, 9.17) is 5.10 Å². The third kappa shape index (κ3) is 3.86. The zero-order valence-corrected chi connectivity index (χ0v) is 18.6. The van der Waals surface area contributed by atoms with Gasteiger partial charge < -0.3 is 10.0 Å². The standard InChI is InChI=1S/C26H20N6O3/c33-25-10-5-19-14-18(4-8-22(19)31(25)15-26(34)35)21-7-9-23-28-29-24(32(23)30-21)13-16-3-6-20-17(12-16)2-1-11-27-20/h1-4,6-9,11-12,14H,5,10,13,15H2,(H,34,35). The fourth-order valence-electron chi connectivity index (χ4n) is 4.54. The van der Waals surface area contributed by atoms with Crippen molar-refractivity contribution >= 4 is 34.1 Å². The molecule has 1 N–H and O–H groups in total. The Hall–Kier alpha value is -4.66. The zero-order valence-electron chi connectivity index (χ0n) is 18.6. The van der Waals surface area contributed by atoms with Crippen molar-refractivity contribution in [2.75, 3.05) is 11.4 Å². The molecular formula is C26H20N6O3. The third-order valence-electron chi connectivity index (χ3n) is 6.23. The highest BCUT2D eigenvalue weighted by Crippen LogP contribution is 2.31. The minimum absolute atomic E-state index is 0.175. The van der Waals surface area contributed by atoms with Gasteiger partial charge in [0.1, 0.15) is 6.54 Å². The van der Waals surface area contributed by atoms with E-state index in [9.17, 15) is 14.7 Å². The number of aromatic nitrogens is 5. The molecule has 9 heteroatoms. The van der Waals surface area contributed by atoms with Gasteiger partial charge in [0, 0.05) is 35.7 Å². The monoisotopic (exact) mass is 464 g/mol. The van der Waals surface area contributed by atoms with E-state index < -0.39 is 5.97 Å². The zero-order chi connectivity index (χ0) is 23.9. The minimum Gasteiger partial charge on any atom is -0.480 e. The number of aliphatic carboxylic acids is 1. The maximum Gasteiger partial charge on any atom is 0.323 e. The van der Waals surface area contributed by atoms with Gasteiger partial charge in [-0.25, -0.2) is 0 Å². The van der Waals surface area contributed by atoms with Gasteiger partial charge in [-0.05, 0) is 60.0 Å².